The highest BCUT2D eigenvalue weighted by molar-refractivity contribution is 5.80. The van der Waals surface area contributed by atoms with Crippen molar-refractivity contribution in [3.63, 3.8) is 0 Å². The summed E-state index contributed by atoms with van der Waals surface area (Å²) in [4.78, 5) is 11.2. The largest absolute Gasteiger partial charge is 0.472 e. The minimum Gasteiger partial charge on any atom is -0.472 e. The lowest BCUT2D eigenvalue weighted by molar-refractivity contribution is -0.0833. The molecule has 0 aliphatic carbocycles. The maximum absolute atomic E-state index is 5.95. The van der Waals surface area contributed by atoms with Crippen LogP contribution in [0.25, 0.3) is 0 Å². The fraction of sp³-hybridized carbons (Fsp3) is 0.647. The van der Waals surface area contributed by atoms with Crippen molar-refractivity contribution in [1.82, 2.24) is 15.2 Å². The maximum atomic E-state index is 5.95. The van der Waals surface area contributed by atoms with Gasteiger partial charge in [0.15, 0.2) is 5.96 Å². The van der Waals surface area contributed by atoms with E-state index in [0.29, 0.717) is 32.2 Å². The standard InChI is InChI=1S/C17H26N4O3/c1-2-18-17(20-11-15-13-22-9-10-23-15)21-8-6-14(12-21)24-16-5-3-4-7-19-16/h3-5,7,14-15H,2,6,8-13H2,1H3,(H,18,20). The van der Waals surface area contributed by atoms with Crippen LogP contribution in [0.5, 0.6) is 5.88 Å². The predicted molar refractivity (Wildman–Crippen MR) is 91.4 cm³/mol. The van der Waals surface area contributed by atoms with Gasteiger partial charge in [-0.1, -0.05) is 6.07 Å². The molecule has 0 amide bonds. The zero-order valence-corrected chi connectivity index (χ0v) is 14.2. The van der Waals surface area contributed by atoms with Crippen molar-refractivity contribution in [3.05, 3.63) is 24.4 Å². The molecule has 2 saturated heterocycles. The van der Waals surface area contributed by atoms with Crippen molar-refractivity contribution < 1.29 is 14.2 Å². The summed E-state index contributed by atoms with van der Waals surface area (Å²) in [7, 11) is 0. The summed E-state index contributed by atoms with van der Waals surface area (Å²) in [5.41, 5.74) is 0. The first-order chi connectivity index (χ1) is 11.8. The highest BCUT2D eigenvalue weighted by Crippen LogP contribution is 2.16. The number of nitrogens with zero attached hydrogens (tertiary/aromatic N) is 3. The van der Waals surface area contributed by atoms with Crippen LogP contribution < -0.4 is 10.1 Å². The number of ether oxygens (including phenoxy) is 3. The van der Waals surface area contributed by atoms with Gasteiger partial charge in [-0.15, -0.1) is 0 Å². The smallest absolute Gasteiger partial charge is 0.213 e. The minimum absolute atomic E-state index is 0.0515. The van der Waals surface area contributed by atoms with Gasteiger partial charge in [0, 0.05) is 31.8 Å². The second-order valence-corrected chi connectivity index (χ2v) is 5.90. The van der Waals surface area contributed by atoms with Gasteiger partial charge in [-0.2, -0.15) is 0 Å². The summed E-state index contributed by atoms with van der Waals surface area (Å²) in [5.74, 6) is 1.60. The number of aliphatic imine (C=N–C) groups is 1. The zero-order valence-electron chi connectivity index (χ0n) is 14.2. The van der Waals surface area contributed by atoms with Gasteiger partial charge in [0.2, 0.25) is 5.88 Å². The quantitative estimate of drug-likeness (QED) is 0.638. The summed E-state index contributed by atoms with van der Waals surface area (Å²) in [5, 5.41) is 3.36. The Morgan fingerprint density at radius 3 is 3.17 bits per heavy atom. The van der Waals surface area contributed by atoms with Crippen LogP contribution in [0.15, 0.2) is 29.4 Å². The maximum Gasteiger partial charge on any atom is 0.213 e. The lowest BCUT2D eigenvalue weighted by Crippen LogP contribution is -2.42. The summed E-state index contributed by atoms with van der Waals surface area (Å²) < 4.78 is 17.0. The Bertz CT molecular complexity index is 520. The van der Waals surface area contributed by atoms with Crippen LogP contribution >= 0.6 is 0 Å². The number of hydrogen-bond donors (Lipinski definition) is 1. The average Bonchev–Trinajstić information content (AvgIpc) is 3.09. The number of rotatable bonds is 5. The number of aromatic nitrogens is 1. The van der Waals surface area contributed by atoms with Crippen molar-refractivity contribution in [2.75, 3.05) is 46.0 Å². The van der Waals surface area contributed by atoms with Gasteiger partial charge < -0.3 is 24.4 Å². The van der Waals surface area contributed by atoms with E-state index in [0.717, 1.165) is 32.0 Å². The molecule has 132 valence electrons. The Kier molecular flexibility index (Phi) is 6.26. The van der Waals surface area contributed by atoms with Gasteiger partial charge in [-0.25, -0.2) is 4.98 Å². The molecule has 2 unspecified atom stereocenters. The molecule has 0 saturated carbocycles. The van der Waals surface area contributed by atoms with Crippen LogP contribution in [0.3, 0.4) is 0 Å². The molecule has 7 heteroatoms. The van der Waals surface area contributed by atoms with Crippen molar-refractivity contribution in [1.29, 1.82) is 0 Å². The van der Waals surface area contributed by atoms with E-state index < -0.39 is 0 Å². The Morgan fingerprint density at radius 2 is 2.42 bits per heavy atom. The Hall–Kier alpha value is -1.86. The van der Waals surface area contributed by atoms with Crippen LogP contribution in [-0.4, -0.2) is 74.1 Å². The van der Waals surface area contributed by atoms with Gasteiger partial charge in [0.1, 0.15) is 12.2 Å². The normalized spacial score (nSPS) is 24.9. The van der Waals surface area contributed by atoms with E-state index in [9.17, 15) is 0 Å². The molecule has 2 fully saturated rings. The monoisotopic (exact) mass is 334 g/mol. The molecular weight excluding hydrogens is 308 g/mol. The van der Waals surface area contributed by atoms with Crippen LogP contribution in [-0.2, 0) is 9.47 Å². The van der Waals surface area contributed by atoms with Gasteiger partial charge in [0.25, 0.3) is 0 Å². The third-order valence-corrected chi connectivity index (χ3v) is 4.03. The van der Waals surface area contributed by atoms with Crippen molar-refractivity contribution >= 4 is 5.96 Å². The Morgan fingerprint density at radius 1 is 1.46 bits per heavy atom. The molecule has 0 radical (unpaired) electrons. The SMILES string of the molecule is CCNC(=NCC1COCCO1)N1CCC(Oc2ccccn2)C1. The highest BCUT2D eigenvalue weighted by atomic mass is 16.6. The van der Waals surface area contributed by atoms with E-state index in [4.69, 9.17) is 19.2 Å². The fourth-order valence-electron chi connectivity index (χ4n) is 2.86. The van der Waals surface area contributed by atoms with Crippen LogP contribution in [0.2, 0.25) is 0 Å². The van der Waals surface area contributed by atoms with E-state index in [2.05, 4.69) is 22.1 Å². The molecule has 0 spiro atoms. The molecule has 24 heavy (non-hydrogen) atoms. The summed E-state index contributed by atoms with van der Waals surface area (Å²) in [6, 6.07) is 5.72. The molecule has 2 atom stereocenters. The topological polar surface area (TPSA) is 68.2 Å². The van der Waals surface area contributed by atoms with Gasteiger partial charge in [-0.3, -0.25) is 4.99 Å². The second kappa shape index (κ2) is 8.84. The van der Waals surface area contributed by atoms with Crippen molar-refractivity contribution in [2.45, 2.75) is 25.6 Å². The fourth-order valence-corrected chi connectivity index (χ4v) is 2.86. The van der Waals surface area contributed by atoms with Gasteiger partial charge in [-0.05, 0) is 13.0 Å². The van der Waals surface area contributed by atoms with E-state index in [1.807, 2.05) is 18.2 Å². The molecule has 1 aromatic heterocycles. The lowest BCUT2D eigenvalue weighted by atomic mass is 10.3. The summed E-state index contributed by atoms with van der Waals surface area (Å²) in [6.07, 6.45) is 2.90. The molecule has 1 aromatic rings. The van der Waals surface area contributed by atoms with E-state index in [-0.39, 0.29) is 12.2 Å². The first-order valence-corrected chi connectivity index (χ1v) is 8.65. The summed E-state index contributed by atoms with van der Waals surface area (Å²) in [6.45, 7) is 7.21. The highest BCUT2D eigenvalue weighted by Gasteiger charge is 2.27. The van der Waals surface area contributed by atoms with Crippen LogP contribution in [0.4, 0.5) is 0 Å². The van der Waals surface area contributed by atoms with Gasteiger partial charge >= 0.3 is 0 Å². The minimum atomic E-state index is 0.0515. The van der Waals surface area contributed by atoms with Crippen molar-refractivity contribution in [3.8, 4) is 5.88 Å². The third-order valence-electron chi connectivity index (χ3n) is 4.03. The number of hydrogen-bond acceptors (Lipinski definition) is 5. The summed E-state index contributed by atoms with van der Waals surface area (Å²) >= 11 is 0. The van der Waals surface area contributed by atoms with E-state index >= 15 is 0 Å². The Balaban J connectivity index is 1.54. The number of likely N-dealkylation sites (tertiary alicyclic amines) is 1. The molecule has 2 aliphatic rings. The number of pyridine rings is 1. The molecule has 0 aromatic carbocycles. The number of guanidine groups is 1. The molecule has 3 rings (SSSR count). The van der Waals surface area contributed by atoms with E-state index in [1.165, 1.54) is 0 Å². The van der Waals surface area contributed by atoms with Crippen LogP contribution in [0.1, 0.15) is 13.3 Å². The first-order valence-electron chi connectivity index (χ1n) is 8.65. The van der Waals surface area contributed by atoms with Crippen molar-refractivity contribution in [2.24, 2.45) is 4.99 Å². The second-order valence-electron chi connectivity index (χ2n) is 5.90. The predicted octanol–water partition coefficient (Wildman–Crippen LogP) is 0.916. The molecular formula is C17H26N4O3. The first kappa shape index (κ1) is 17.0. The van der Waals surface area contributed by atoms with E-state index in [1.54, 1.807) is 6.20 Å². The zero-order chi connectivity index (χ0) is 16.6. The molecule has 1 N–H and O–H groups in total. The van der Waals surface area contributed by atoms with Crippen LogP contribution in [0, 0.1) is 0 Å². The number of nitrogens with one attached hydrogen (secondary N) is 1. The molecule has 0 bridgehead atoms. The Labute approximate surface area is 143 Å². The third kappa shape index (κ3) is 4.82. The van der Waals surface area contributed by atoms with Gasteiger partial charge in [0.05, 0.1) is 32.9 Å². The lowest BCUT2D eigenvalue weighted by Gasteiger charge is -2.24. The average molecular weight is 334 g/mol. The molecule has 2 aliphatic heterocycles. The molecule has 3 heterocycles. The molecule has 7 nitrogen and oxygen atoms in total.